The molecule has 0 spiro atoms. The standard InChI is InChI=1S/C12H22N4O2/c1-9(2)14-8-11-15-16-12(18-11)13-6-5-10-4-3-7-17-10/h9-10,14H,3-8H2,1-2H3,(H,13,16). The molecule has 0 radical (unpaired) electrons. The van der Waals surface area contributed by atoms with Crippen molar-refractivity contribution in [3.8, 4) is 0 Å². The largest absolute Gasteiger partial charge is 0.407 e. The number of rotatable bonds is 7. The summed E-state index contributed by atoms with van der Waals surface area (Å²) in [5, 5.41) is 14.3. The fourth-order valence-corrected chi connectivity index (χ4v) is 1.90. The van der Waals surface area contributed by atoms with Gasteiger partial charge in [-0.15, -0.1) is 5.10 Å². The molecule has 1 atom stereocenters. The maximum atomic E-state index is 5.54. The van der Waals surface area contributed by atoms with Gasteiger partial charge in [-0.1, -0.05) is 18.9 Å². The predicted octanol–water partition coefficient (Wildman–Crippen LogP) is 1.55. The van der Waals surface area contributed by atoms with Gasteiger partial charge in [-0.05, 0) is 19.3 Å². The minimum Gasteiger partial charge on any atom is -0.407 e. The van der Waals surface area contributed by atoms with Crippen LogP contribution in [-0.2, 0) is 11.3 Å². The zero-order valence-electron chi connectivity index (χ0n) is 11.1. The van der Waals surface area contributed by atoms with Crippen LogP contribution < -0.4 is 10.6 Å². The van der Waals surface area contributed by atoms with Gasteiger partial charge in [0, 0.05) is 19.2 Å². The molecule has 0 bridgehead atoms. The van der Waals surface area contributed by atoms with E-state index in [1.54, 1.807) is 0 Å². The SMILES string of the molecule is CC(C)NCc1nnc(NCCC2CCCO2)o1. The second kappa shape index (κ2) is 6.70. The highest BCUT2D eigenvalue weighted by molar-refractivity contribution is 5.16. The van der Waals surface area contributed by atoms with Crippen LogP contribution in [0.1, 0.15) is 39.0 Å². The Morgan fingerprint density at radius 2 is 2.28 bits per heavy atom. The molecule has 1 aromatic heterocycles. The lowest BCUT2D eigenvalue weighted by atomic mass is 10.2. The molecule has 1 unspecified atom stereocenters. The number of hydrogen-bond acceptors (Lipinski definition) is 6. The van der Waals surface area contributed by atoms with Gasteiger partial charge in [-0.2, -0.15) is 0 Å². The van der Waals surface area contributed by atoms with Gasteiger partial charge < -0.3 is 19.8 Å². The molecule has 6 nitrogen and oxygen atoms in total. The van der Waals surface area contributed by atoms with Crippen molar-refractivity contribution in [2.45, 2.75) is 51.8 Å². The second-order valence-electron chi connectivity index (χ2n) is 4.89. The van der Waals surface area contributed by atoms with Gasteiger partial charge in [0.05, 0.1) is 12.6 Å². The molecular formula is C12H22N4O2. The Labute approximate surface area is 107 Å². The van der Waals surface area contributed by atoms with Gasteiger partial charge in [-0.3, -0.25) is 0 Å². The second-order valence-corrected chi connectivity index (χ2v) is 4.89. The first-order valence-electron chi connectivity index (χ1n) is 6.65. The Morgan fingerprint density at radius 3 is 3.00 bits per heavy atom. The zero-order chi connectivity index (χ0) is 12.8. The van der Waals surface area contributed by atoms with Crippen molar-refractivity contribution in [1.29, 1.82) is 0 Å². The van der Waals surface area contributed by atoms with Crippen LogP contribution in [0.2, 0.25) is 0 Å². The van der Waals surface area contributed by atoms with E-state index in [1.165, 1.54) is 6.42 Å². The lowest BCUT2D eigenvalue weighted by molar-refractivity contribution is 0.107. The Balaban J connectivity index is 1.66. The monoisotopic (exact) mass is 254 g/mol. The van der Waals surface area contributed by atoms with Gasteiger partial charge in [0.1, 0.15) is 0 Å². The summed E-state index contributed by atoms with van der Waals surface area (Å²) in [6.45, 7) is 6.48. The van der Waals surface area contributed by atoms with Crippen molar-refractivity contribution in [3.05, 3.63) is 5.89 Å². The first-order valence-corrected chi connectivity index (χ1v) is 6.65. The molecule has 2 N–H and O–H groups in total. The first kappa shape index (κ1) is 13.3. The normalized spacial score (nSPS) is 19.6. The highest BCUT2D eigenvalue weighted by atomic mass is 16.5. The quantitative estimate of drug-likeness (QED) is 0.769. The average molecular weight is 254 g/mol. The number of hydrogen-bond donors (Lipinski definition) is 2. The topological polar surface area (TPSA) is 72.2 Å². The minimum absolute atomic E-state index is 0.391. The average Bonchev–Trinajstić information content (AvgIpc) is 2.97. The summed E-state index contributed by atoms with van der Waals surface area (Å²) in [7, 11) is 0. The lowest BCUT2D eigenvalue weighted by Crippen LogP contribution is -2.21. The van der Waals surface area contributed by atoms with Crippen LogP contribution in [-0.4, -0.2) is 35.5 Å². The minimum atomic E-state index is 0.391. The van der Waals surface area contributed by atoms with Gasteiger partial charge in [0.15, 0.2) is 0 Å². The van der Waals surface area contributed by atoms with E-state index in [1.807, 2.05) is 0 Å². The van der Waals surface area contributed by atoms with E-state index in [4.69, 9.17) is 9.15 Å². The van der Waals surface area contributed by atoms with Gasteiger partial charge in [-0.25, -0.2) is 0 Å². The maximum Gasteiger partial charge on any atom is 0.315 e. The first-order chi connectivity index (χ1) is 8.74. The molecule has 102 valence electrons. The van der Waals surface area contributed by atoms with Gasteiger partial charge in [0.2, 0.25) is 5.89 Å². The van der Waals surface area contributed by atoms with Crippen LogP contribution >= 0.6 is 0 Å². The van der Waals surface area contributed by atoms with Crippen LogP contribution in [0, 0.1) is 0 Å². The van der Waals surface area contributed by atoms with E-state index >= 15 is 0 Å². The number of ether oxygens (including phenoxy) is 1. The number of anilines is 1. The van der Waals surface area contributed by atoms with Crippen LogP contribution in [0.5, 0.6) is 0 Å². The smallest absolute Gasteiger partial charge is 0.315 e. The molecule has 1 aliphatic heterocycles. The van der Waals surface area contributed by atoms with E-state index in [0.29, 0.717) is 30.6 Å². The van der Waals surface area contributed by atoms with E-state index < -0.39 is 0 Å². The third kappa shape index (κ3) is 4.27. The Hall–Kier alpha value is -1.14. The molecule has 1 saturated heterocycles. The fraction of sp³-hybridized carbons (Fsp3) is 0.833. The zero-order valence-corrected chi connectivity index (χ0v) is 11.1. The van der Waals surface area contributed by atoms with Crippen molar-refractivity contribution in [1.82, 2.24) is 15.5 Å². The molecule has 0 aliphatic carbocycles. The van der Waals surface area contributed by atoms with Crippen molar-refractivity contribution in [2.24, 2.45) is 0 Å². The molecule has 1 aromatic rings. The molecule has 18 heavy (non-hydrogen) atoms. The summed E-state index contributed by atoms with van der Waals surface area (Å²) >= 11 is 0. The summed E-state index contributed by atoms with van der Waals surface area (Å²) < 4.78 is 11.0. The Bertz CT molecular complexity index is 348. The lowest BCUT2D eigenvalue weighted by Gasteiger charge is -2.08. The Kier molecular flexibility index (Phi) is 4.95. The van der Waals surface area contributed by atoms with Crippen molar-refractivity contribution >= 4 is 6.01 Å². The van der Waals surface area contributed by atoms with Crippen molar-refractivity contribution < 1.29 is 9.15 Å². The van der Waals surface area contributed by atoms with Crippen LogP contribution in [0.15, 0.2) is 4.42 Å². The molecule has 0 aromatic carbocycles. The molecular weight excluding hydrogens is 232 g/mol. The third-order valence-corrected chi connectivity index (χ3v) is 2.89. The van der Waals surface area contributed by atoms with Crippen molar-refractivity contribution in [2.75, 3.05) is 18.5 Å². The van der Waals surface area contributed by atoms with E-state index in [0.717, 1.165) is 26.0 Å². The molecule has 2 heterocycles. The van der Waals surface area contributed by atoms with Crippen molar-refractivity contribution in [3.63, 3.8) is 0 Å². The molecule has 0 saturated carbocycles. The van der Waals surface area contributed by atoms with Crippen LogP contribution in [0.3, 0.4) is 0 Å². The van der Waals surface area contributed by atoms with Gasteiger partial charge >= 0.3 is 6.01 Å². The number of nitrogens with one attached hydrogen (secondary N) is 2. The maximum absolute atomic E-state index is 5.54. The third-order valence-electron chi connectivity index (χ3n) is 2.89. The summed E-state index contributed by atoms with van der Waals surface area (Å²) in [6.07, 6.45) is 3.72. The number of nitrogens with zero attached hydrogens (tertiary/aromatic N) is 2. The molecule has 1 aliphatic rings. The summed E-state index contributed by atoms with van der Waals surface area (Å²) in [6, 6.07) is 0.904. The number of aromatic nitrogens is 2. The summed E-state index contributed by atoms with van der Waals surface area (Å²) in [4.78, 5) is 0. The molecule has 1 fully saturated rings. The highest BCUT2D eigenvalue weighted by Gasteiger charge is 2.15. The Morgan fingerprint density at radius 1 is 1.39 bits per heavy atom. The van der Waals surface area contributed by atoms with E-state index in [2.05, 4.69) is 34.7 Å². The van der Waals surface area contributed by atoms with E-state index in [-0.39, 0.29) is 0 Å². The molecule has 6 heteroatoms. The van der Waals surface area contributed by atoms with Crippen LogP contribution in [0.4, 0.5) is 6.01 Å². The molecule has 0 amide bonds. The van der Waals surface area contributed by atoms with Gasteiger partial charge in [0.25, 0.3) is 0 Å². The summed E-state index contributed by atoms with van der Waals surface area (Å²) in [5.74, 6) is 0.614. The highest BCUT2D eigenvalue weighted by Crippen LogP contribution is 2.15. The van der Waals surface area contributed by atoms with Crippen LogP contribution in [0.25, 0.3) is 0 Å². The summed E-state index contributed by atoms with van der Waals surface area (Å²) in [5.41, 5.74) is 0. The molecule has 2 rings (SSSR count). The fourth-order valence-electron chi connectivity index (χ4n) is 1.90. The predicted molar refractivity (Wildman–Crippen MR) is 68.4 cm³/mol. The van der Waals surface area contributed by atoms with E-state index in [9.17, 15) is 0 Å².